The Kier molecular flexibility index (Phi) is 7.47. The van der Waals surface area contributed by atoms with E-state index in [9.17, 15) is 9.90 Å². The standard InChI is InChI=1S/C18H36N4O2/c1-5-17-14-21(11-12-22(17)13-15(3)23)16(4)18(24)20-9-7-19(6-2)8-10-20/h15-17,23H,5-14H2,1-4H3/t15-,16-,17-/m1/s1. The molecule has 2 aliphatic rings. The maximum absolute atomic E-state index is 12.9. The molecule has 140 valence electrons. The van der Waals surface area contributed by atoms with Crippen molar-refractivity contribution >= 4 is 5.91 Å². The van der Waals surface area contributed by atoms with E-state index in [1.807, 2.05) is 11.8 Å². The normalized spacial score (nSPS) is 27.2. The lowest BCUT2D eigenvalue weighted by Gasteiger charge is -2.45. The Bertz CT molecular complexity index is 396. The molecule has 2 aliphatic heterocycles. The van der Waals surface area contributed by atoms with Crippen molar-refractivity contribution in [3.8, 4) is 0 Å². The molecule has 2 rings (SSSR count). The number of carbonyl (C=O) groups is 1. The van der Waals surface area contributed by atoms with E-state index in [2.05, 4.69) is 35.5 Å². The minimum absolute atomic E-state index is 0.0408. The molecule has 0 aromatic rings. The predicted octanol–water partition coefficient (Wildman–Crippen LogP) is 0.316. The summed E-state index contributed by atoms with van der Waals surface area (Å²) >= 11 is 0. The largest absolute Gasteiger partial charge is 0.392 e. The van der Waals surface area contributed by atoms with Crippen molar-refractivity contribution in [2.75, 3.05) is 58.9 Å². The van der Waals surface area contributed by atoms with Crippen molar-refractivity contribution in [2.45, 2.75) is 52.3 Å². The van der Waals surface area contributed by atoms with Gasteiger partial charge in [-0.1, -0.05) is 13.8 Å². The second-order valence-corrected chi connectivity index (χ2v) is 7.34. The molecule has 1 N–H and O–H groups in total. The van der Waals surface area contributed by atoms with Gasteiger partial charge in [-0.3, -0.25) is 14.6 Å². The number of likely N-dealkylation sites (N-methyl/N-ethyl adjacent to an activating group) is 1. The SMILES string of the molecule is CC[C@@H]1CN([C@H](C)C(=O)N2CCN(CC)CC2)CCN1C[C@@H](C)O. The van der Waals surface area contributed by atoms with Gasteiger partial charge in [0.05, 0.1) is 12.1 Å². The van der Waals surface area contributed by atoms with Crippen molar-refractivity contribution < 1.29 is 9.90 Å². The highest BCUT2D eigenvalue weighted by atomic mass is 16.3. The Morgan fingerprint density at radius 2 is 1.75 bits per heavy atom. The van der Waals surface area contributed by atoms with Crippen LogP contribution in [0.4, 0.5) is 0 Å². The van der Waals surface area contributed by atoms with Gasteiger partial charge in [0.1, 0.15) is 0 Å². The molecule has 0 radical (unpaired) electrons. The summed E-state index contributed by atoms with van der Waals surface area (Å²) in [6, 6.07) is 0.390. The third kappa shape index (κ3) is 4.91. The van der Waals surface area contributed by atoms with E-state index in [-0.39, 0.29) is 18.1 Å². The zero-order valence-corrected chi connectivity index (χ0v) is 15.9. The third-order valence-corrected chi connectivity index (χ3v) is 5.64. The Morgan fingerprint density at radius 3 is 2.29 bits per heavy atom. The summed E-state index contributed by atoms with van der Waals surface area (Å²) in [4.78, 5) is 22.0. The molecule has 6 heteroatoms. The fraction of sp³-hybridized carbons (Fsp3) is 0.944. The highest BCUT2D eigenvalue weighted by molar-refractivity contribution is 5.81. The van der Waals surface area contributed by atoms with Gasteiger partial charge in [0.15, 0.2) is 0 Å². The molecular weight excluding hydrogens is 304 g/mol. The molecule has 0 spiro atoms. The second-order valence-electron chi connectivity index (χ2n) is 7.34. The van der Waals surface area contributed by atoms with Crippen LogP contribution in [-0.4, -0.2) is 108 Å². The fourth-order valence-electron chi connectivity index (χ4n) is 3.94. The van der Waals surface area contributed by atoms with Crippen LogP contribution in [0.15, 0.2) is 0 Å². The summed E-state index contributed by atoms with van der Waals surface area (Å²) in [5.74, 6) is 0.282. The van der Waals surface area contributed by atoms with Crippen molar-refractivity contribution in [1.82, 2.24) is 19.6 Å². The molecule has 0 aliphatic carbocycles. The molecule has 2 saturated heterocycles. The minimum atomic E-state index is -0.292. The van der Waals surface area contributed by atoms with Crippen LogP contribution < -0.4 is 0 Å². The maximum Gasteiger partial charge on any atom is 0.239 e. The van der Waals surface area contributed by atoms with Gasteiger partial charge in [-0.15, -0.1) is 0 Å². The Labute approximate surface area is 147 Å². The molecule has 24 heavy (non-hydrogen) atoms. The van der Waals surface area contributed by atoms with E-state index in [4.69, 9.17) is 0 Å². The number of β-amino-alcohol motifs (C(OH)–C–C–N with tert-alkyl or cyclic N) is 1. The molecule has 0 aromatic heterocycles. The lowest BCUT2D eigenvalue weighted by atomic mass is 10.1. The van der Waals surface area contributed by atoms with Crippen LogP contribution in [-0.2, 0) is 4.79 Å². The summed E-state index contributed by atoms with van der Waals surface area (Å²) in [6.45, 7) is 16.6. The zero-order chi connectivity index (χ0) is 17.7. The number of carbonyl (C=O) groups excluding carboxylic acids is 1. The lowest BCUT2D eigenvalue weighted by Crippen LogP contribution is -2.60. The van der Waals surface area contributed by atoms with Crippen molar-refractivity contribution in [3.05, 3.63) is 0 Å². The van der Waals surface area contributed by atoms with E-state index in [0.29, 0.717) is 6.04 Å². The van der Waals surface area contributed by atoms with Gasteiger partial charge in [-0.25, -0.2) is 0 Å². The number of hydrogen-bond donors (Lipinski definition) is 1. The number of hydrogen-bond acceptors (Lipinski definition) is 5. The first-order valence-electron chi connectivity index (χ1n) is 9.63. The fourth-order valence-corrected chi connectivity index (χ4v) is 3.94. The van der Waals surface area contributed by atoms with Gasteiger partial charge < -0.3 is 14.9 Å². The lowest BCUT2D eigenvalue weighted by molar-refractivity contribution is -0.139. The average Bonchev–Trinajstić information content (AvgIpc) is 2.60. The second kappa shape index (κ2) is 9.13. The minimum Gasteiger partial charge on any atom is -0.392 e. The zero-order valence-electron chi connectivity index (χ0n) is 15.9. The maximum atomic E-state index is 12.9. The summed E-state index contributed by atoms with van der Waals surface area (Å²) in [7, 11) is 0. The van der Waals surface area contributed by atoms with Crippen LogP contribution in [0, 0.1) is 0 Å². The molecule has 2 fully saturated rings. The van der Waals surface area contributed by atoms with Crippen molar-refractivity contribution in [3.63, 3.8) is 0 Å². The van der Waals surface area contributed by atoms with E-state index >= 15 is 0 Å². The summed E-state index contributed by atoms with van der Waals surface area (Å²) < 4.78 is 0. The van der Waals surface area contributed by atoms with E-state index in [0.717, 1.165) is 65.3 Å². The van der Waals surface area contributed by atoms with Crippen LogP contribution in [0.25, 0.3) is 0 Å². The van der Waals surface area contributed by atoms with Gasteiger partial charge in [-0.05, 0) is 26.8 Å². The number of nitrogens with zero attached hydrogens (tertiary/aromatic N) is 4. The average molecular weight is 341 g/mol. The number of amides is 1. The smallest absolute Gasteiger partial charge is 0.239 e. The predicted molar refractivity (Wildman–Crippen MR) is 97.1 cm³/mol. The molecule has 0 bridgehead atoms. The summed E-state index contributed by atoms with van der Waals surface area (Å²) in [5.41, 5.74) is 0. The number of aliphatic hydroxyl groups excluding tert-OH is 1. The van der Waals surface area contributed by atoms with Crippen molar-refractivity contribution in [2.24, 2.45) is 0 Å². The van der Waals surface area contributed by atoms with E-state index < -0.39 is 0 Å². The number of rotatable bonds is 6. The van der Waals surface area contributed by atoms with Crippen LogP contribution in [0.3, 0.4) is 0 Å². The highest BCUT2D eigenvalue weighted by Crippen LogP contribution is 2.17. The molecule has 2 heterocycles. The van der Waals surface area contributed by atoms with Crippen LogP contribution in [0.2, 0.25) is 0 Å². The van der Waals surface area contributed by atoms with Crippen LogP contribution in [0.5, 0.6) is 0 Å². The van der Waals surface area contributed by atoms with E-state index in [1.165, 1.54) is 0 Å². The quantitative estimate of drug-likeness (QED) is 0.754. The van der Waals surface area contributed by atoms with Gasteiger partial charge in [0, 0.05) is 58.4 Å². The molecule has 6 nitrogen and oxygen atoms in total. The molecule has 0 unspecified atom stereocenters. The number of aliphatic hydroxyl groups is 1. The van der Waals surface area contributed by atoms with Crippen LogP contribution >= 0.6 is 0 Å². The summed E-state index contributed by atoms with van der Waals surface area (Å²) in [5, 5.41) is 9.67. The van der Waals surface area contributed by atoms with Crippen LogP contribution in [0.1, 0.15) is 34.1 Å². The van der Waals surface area contributed by atoms with Crippen molar-refractivity contribution in [1.29, 1.82) is 0 Å². The molecule has 1 amide bonds. The first-order valence-corrected chi connectivity index (χ1v) is 9.63. The topological polar surface area (TPSA) is 50.3 Å². The monoisotopic (exact) mass is 340 g/mol. The number of piperazine rings is 2. The van der Waals surface area contributed by atoms with Gasteiger partial charge in [0.25, 0.3) is 0 Å². The Hall–Kier alpha value is -0.690. The summed E-state index contributed by atoms with van der Waals surface area (Å²) in [6.07, 6.45) is 0.763. The Balaban J connectivity index is 1.88. The van der Waals surface area contributed by atoms with Gasteiger partial charge >= 0.3 is 0 Å². The molecular formula is C18H36N4O2. The molecule has 0 aromatic carbocycles. The van der Waals surface area contributed by atoms with Gasteiger partial charge in [-0.2, -0.15) is 0 Å². The molecule has 0 saturated carbocycles. The van der Waals surface area contributed by atoms with E-state index in [1.54, 1.807) is 0 Å². The first-order chi connectivity index (χ1) is 11.5. The van der Waals surface area contributed by atoms with Gasteiger partial charge in [0.2, 0.25) is 5.91 Å². The third-order valence-electron chi connectivity index (χ3n) is 5.64. The highest BCUT2D eigenvalue weighted by Gasteiger charge is 2.33. The Morgan fingerprint density at radius 1 is 1.08 bits per heavy atom. The molecule has 3 atom stereocenters. The first kappa shape index (κ1) is 19.6.